The second kappa shape index (κ2) is 15.0. The topological polar surface area (TPSA) is 171 Å². The lowest BCUT2D eigenvalue weighted by Crippen LogP contribution is -2.62. The van der Waals surface area contributed by atoms with Crippen LogP contribution < -0.4 is 5.32 Å². The van der Waals surface area contributed by atoms with Gasteiger partial charge in [0.25, 0.3) is 0 Å². The summed E-state index contributed by atoms with van der Waals surface area (Å²) in [7, 11) is 0. The Balaban J connectivity index is 1.14. The largest absolute Gasteiger partial charge is 0.460 e. The zero-order valence-corrected chi connectivity index (χ0v) is 26.2. The summed E-state index contributed by atoms with van der Waals surface area (Å²) in [6.45, 7) is 5.03. The average molecular weight is 657 g/mol. The Bertz CT molecular complexity index is 1620. The second-order valence-corrected chi connectivity index (χ2v) is 11.6. The van der Waals surface area contributed by atoms with Crippen LogP contribution in [-0.2, 0) is 33.2 Å². The minimum Gasteiger partial charge on any atom is -0.460 e. The fourth-order valence-corrected chi connectivity index (χ4v) is 6.31. The zero-order chi connectivity index (χ0) is 33.6. The second-order valence-electron chi connectivity index (χ2n) is 11.6. The maximum atomic E-state index is 13.2. The van der Waals surface area contributed by atoms with Crippen molar-refractivity contribution >= 4 is 12.1 Å². The quantitative estimate of drug-likeness (QED) is 0.0957. The molecule has 13 heteroatoms. The van der Waals surface area contributed by atoms with E-state index in [1.165, 1.54) is 13.0 Å². The van der Waals surface area contributed by atoms with Crippen molar-refractivity contribution in [2.45, 2.75) is 61.9 Å². The molecule has 0 saturated carbocycles. The van der Waals surface area contributed by atoms with E-state index in [2.05, 4.69) is 21.9 Å². The number of hydrogen-bond acceptors (Lipinski definition) is 10. The van der Waals surface area contributed by atoms with Gasteiger partial charge in [0, 0.05) is 16.4 Å². The van der Waals surface area contributed by atoms with E-state index in [-0.39, 0.29) is 25.7 Å². The van der Waals surface area contributed by atoms with Crippen molar-refractivity contribution in [1.82, 2.24) is 5.32 Å². The van der Waals surface area contributed by atoms with Crippen molar-refractivity contribution < 1.29 is 43.1 Å². The van der Waals surface area contributed by atoms with Crippen molar-refractivity contribution in [2.75, 3.05) is 19.8 Å². The highest BCUT2D eigenvalue weighted by Gasteiger charge is 2.50. The molecule has 1 aliphatic carbocycles. The molecule has 8 atom stereocenters. The molecular formula is C35H36N4O9. The number of esters is 1. The number of hydrogen-bond donors (Lipinski definition) is 2. The highest BCUT2D eigenvalue weighted by molar-refractivity contribution is 5.82. The van der Waals surface area contributed by atoms with Crippen LogP contribution in [0.2, 0.25) is 0 Å². The van der Waals surface area contributed by atoms with Gasteiger partial charge in [-0.2, -0.15) is 0 Å². The molecule has 0 bridgehead atoms. The first-order valence-corrected chi connectivity index (χ1v) is 15.6. The van der Waals surface area contributed by atoms with Gasteiger partial charge in [-0.3, -0.25) is 0 Å². The Morgan fingerprint density at radius 3 is 2.38 bits per heavy atom. The summed E-state index contributed by atoms with van der Waals surface area (Å²) in [4.78, 5) is 29.2. The van der Waals surface area contributed by atoms with Crippen LogP contribution in [0.5, 0.6) is 0 Å². The van der Waals surface area contributed by atoms with Gasteiger partial charge < -0.3 is 38.8 Å². The van der Waals surface area contributed by atoms with Crippen LogP contribution in [0.3, 0.4) is 0 Å². The predicted molar refractivity (Wildman–Crippen MR) is 171 cm³/mol. The number of carbonyl (C=O) groups is 2. The normalized spacial score (nSPS) is 25.6. The van der Waals surface area contributed by atoms with E-state index in [1.54, 1.807) is 0 Å². The van der Waals surface area contributed by atoms with Gasteiger partial charge in [0.1, 0.15) is 31.5 Å². The van der Waals surface area contributed by atoms with Gasteiger partial charge in [-0.1, -0.05) is 96.6 Å². The van der Waals surface area contributed by atoms with Gasteiger partial charge in [0.15, 0.2) is 18.6 Å². The maximum Gasteiger partial charge on any atom is 0.407 e. The van der Waals surface area contributed by atoms with Crippen molar-refractivity contribution in [1.29, 1.82) is 0 Å². The molecule has 0 aromatic heterocycles. The highest BCUT2D eigenvalue weighted by atomic mass is 16.7. The number of nitrogens with one attached hydrogen (secondary N) is 1. The molecule has 2 saturated heterocycles. The summed E-state index contributed by atoms with van der Waals surface area (Å²) < 4.78 is 34.9. The summed E-state index contributed by atoms with van der Waals surface area (Å²) >= 11 is 0. The molecular weight excluding hydrogens is 620 g/mol. The number of azide groups is 1. The Kier molecular flexibility index (Phi) is 10.4. The molecule has 1 unspecified atom stereocenters. The van der Waals surface area contributed by atoms with Gasteiger partial charge in [0.05, 0.1) is 18.8 Å². The first kappa shape index (κ1) is 33.2. The number of nitrogens with zero attached hydrogens (tertiary/aromatic N) is 3. The number of aliphatic hydroxyl groups is 1. The summed E-state index contributed by atoms with van der Waals surface area (Å²) in [5.41, 5.74) is 14.3. The standard InChI is InChI=1S/C35H36N4O9/c1-3-17-43-32(41)28(37-35(42)45-18-26-24-15-9-7-13-22(24)23-14-8-10-16-25(23)26)20(2)46-34-29(38-39-36)30(40)31-27(47-34)19-44-33(48-31)21-11-5-4-6-12-21/h3-16,20,26-31,33-34,40H,1,17-19H2,2H3,(H,37,42)/t20-,27-,28+,29-,30-,31+,33?,34+/m1/s1. The van der Waals surface area contributed by atoms with Crippen molar-refractivity contribution in [3.8, 4) is 11.1 Å². The van der Waals surface area contributed by atoms with Gasteiger partial charge in [-0.15, -0.1) is 0 Å². The summed E-state index contributed by atoms with van der Waals surface area (Å²) in [5.74, 6) is -1.01. The minimum absolute atomic E-state index is 0.0213. The third-order valence-corrected chi connectivity index (χ3v) is 8.62. The number of ether oxygens (including phenoxy) is 6. The lowest BCUT2D eigenvalue weighted by atomic mass is 9.96. The van der Waals surface area contributed by atoms with Crippen LogP contribution in [0.1, 0.15) is 35.8 Å². The number of aliphatic hydroxyl groups excluding tert-OH is 1. The van der Waals surface area contributed by atoms with Crippen molar-refractivity contribution in [3.05, 3.63) is 119 Å². The lowest BCUT2D eigenvalue weighted by molar-refractivity contribution is -0.346. The Morgan fingerprint density at radius 1 is 1.04 bits per heavy atom. The van der Waals surface area contributed by atoms with E-state index >= 15 is 0 Å². The average Bonchev–Trinajstić information content (AvgIpc) is 3.44. The van der Waals surface area contributed by atoms with Gasteiger partial charge >= 0.3 is 12.1 Å². The van der Waals surface area contributed by atoms with Crippen molar-refractivity contribution in [3.63, 3.8) is 0 Å². The van der Waals surface area contributed by atoms with Crippen LogP contribution >= 0.6 is 0 Å². The van der Waals surface area contributed by atoms with Crippen LogP contribution in [0, 0.1) is 0 Å². The molecule has 3 aromatic carbocycles. The van der Waals surface area contributed by atoms with Crippen LogP contribution in [0.15, 0.2) is 96.6 Å². The van der Waals surface area contributed by atoms with E-state index < -0.39 is 61.1 Å². The fourth-order valence-electron chi connectivity index (χ4n) is 6.31. The number of fused-ring (bicyclic) bond motifs is 4. The van der Waals surface area contributed by atoms with E-state index in [4.69, 9.17) is 28.4 Å². The molecule has 6 rings (SSSR count). The van der Waals surface area contributed by atoms with Gasteiger partial charge in [-0.25, -0.2) is 9.59 Å². The predicted octanol–water partition coefficient (Wildman–Crippen LogP) is 4.91. The number of benzene rings is 3. The minimum atomic E-state index is -1.37. The van der Waals surface area contributed by atoms with E-state index in [0.29, 0.717) is 0 Å². The summed E-state index contributed by atoms with van der Waals surface area (Å²) in [5, 5.41) is 17.6. The molecule has 250 valence electrons. The summed E-state index contributed by atoms with van der Waals surface area (Å²) in [6, 6.07) is 22.4. The maximum absolute atomic E-state index is 13.2. The Labute approximate surface area is 277 Å². The molecule has 2 N–H and O–H groups in total. The molecule has 13 nitrogen and oxygen atoms in total. The van der Waals surface area contributed by atoms with E-state index in [9.17, 15) is 20.2 Å². The SMILES string of the molecule is C=CCOC(=O)[C@@H](NC(=O)OCC1c2ccccc2-c2ccccc21)[C@@H](C)O[C@H]1O[C@@H]2COC(c3ccccc3)O[C@@H]2[C@H](O)[C@H]1N=[N+]=[N-]. The molecule has 48 heavy (non-hydrogen) atoms. The molecule has 2 aliphatic heterocycles. The molecule has 2 heterocycles. The van der Waals surface area contributed by atoms with E-state index in [0.717, 1.165) is 27.8 Å². The first-order chi connectivity index (χ1) is 23.4. The number of amides is 1. The number of carbonyl (C=O) groups excluding carboxylic acids is 2. The third-order valence-electron chi connectivity index (χ3n) is 8.62. The molecule has 0 radical (unpaired) electrons. The molecule has 2 fully saturated rings. The highest BCUT2D eigenvalue weighted by Crippen LogP contribution is 2.44. The molecule has 1 amide bonds. The number of alkyl carbamates (subject to hydrolysis) is 1. The zero-order valence-electron chi connectivity index (χ0n) is 26.2. The smallest absolute Gasteiger partial charge is 0.407 e. The Hall–Kier alpha value is -4.75. The fraction of sp³-hybridized carbons (Fsp3) is 0.371. The summed E-state index contributed by atoms with van der Waals surface area (Å²) in [6.07, 6.45) is -5.71. The third kappa shape index (κ3) is 6.92. The van der Waals surface area contributed by atoms with Crippen molar-refractivity contribution in [2.24, 2.45) is 5.11 Å². The molecule has 3 aliphatic rings. The first-order valence-electron chi connectivity index (χ1n) is 15.6. The molecule has 0 spiro atoms. The number of rotatable bonds is 11. The van der Waals surface area contributed by atoms with Gasteiger partial charge in [-0.05, 0) is 34.7 Å². The van der Waals surface area contributed by atoms with Crippen LogP contribution in [0.25, 0.3) is 21.6 Å². The molecule has 3 aromatic rings. The van der Waals surface area contributed by atoms with Crippen LogP contribution in [-0.4, -0.2) is 79.8 Å². The van der Waals surface area contributed by atoms with E-state index in [1.807, 2.05) is 78.9 Å². The van der Waals surface area contributed by atoms with Gasteiger partial charge in [0.2, 0.25) is 0 Å². The lowest BCUT2D eigenvalue weighted by Gasteiger charge is -2.47. The Morgan fingerprint density at radius 2 is 1.71 bits per heavy atom. The monoisotopic (exact) mass is 656 g/mol. The van der Waals surface area contributed by atoms with Crippen LogP contribution in [0.4, 0.5) is 4.79 Å².